The van der Waals surface area contributed by atoms with Gasteiger partial charge in [0.1, 0.15) is 18.1 Å². The summed E-state index contributed by atoms with van der Waals surface area (Å²) in [5.41, 5.74) is 1.90. The summed E-state index contributed by atoms with van der Waals surface area (Å²) in [6.07, 6.45) is 0. The van der Waals surface area contributed by atoms with Gasteiger partial charge in [0.05, 0.1) is 5.02 Å². The Morgan fingerprint density at radius 3 is 2.67 bits per heavy atom. The Morgan fingerprint density at radius 1 is 1.17 bits per heavy atom. The van der Waals surface area contributed by atoms with E-state index in [-0.39, 0.29) is 5.75 Å². The number of ether oxygens (including phenoxy) is 1. The van der Waals surface area contributed by atoms with E-state index < -0.39 is 0 Å². The number of aromatic hydroxyl groups is 1. The lowest BCUT2D eigenvalue weighted by Crippen LogP contribution is -1.98. The van der Waals surface area contributed by atoms with Crippen LogP contribution >= 0.6 is 27.5 Å². The molecule has 0 saturated heterocycles. The standard InChI is InChI=1S/C14H12BrClO2/c15-8-11-4-2-6-13(16)14(11)18-9-10-3-1-5-12(17)7-10/h1-7,17H,8-9H2. The third kappa shape index (κ3) is 3.18. The Morgan fingerprint density at radius 2 is 1.94 bits per heavy atom. The largest absolute Gasteiger partial charge is 0.508 e. The van der Waals surface area contributed by atoms with E-state index in [4.69, 9.17) is 16.3 Å². The average molecular weight is 328 g/mol. The van der Waals surface area contributed by atoms with Crippen molar-refractivity contribution in [1.29, 1.82) is 0 Å². The summed E-state index contributed by atoms with van der Waals surface area (Å²) in [5.74, 6) is 0.912. The molecular formula is C14H12BrClO2. The Balaban J connectivity index is 2.15. The van der Waals surface area contributed by atoms with Gasteiger partial charge >= 0.3 is 0 Å². The monoisotopic (exact) mass is 326 g/mol. The molecule has 1 N–H and O–H groups in total. The number of alkyl halides is 1. The SMILES string of the molecule is Oc1cccc(COc2c(Cl)cccc2CBr)c1. The van der Waals surface area contributed by atoms with Crippen LogP contribution < -0.4 is 4.74 Å². The second-order valence-electron chi connectivity index (χ2n) is 3.82. The highest BCUT2D eigenvalue weighted by Gasteiger charge is 2.07. The molecule has 0 aliphatic heterocycles. The number of halogens is 2. The van der Waals surface area contributed by atoms with Gasteiger partial charge in [-0.1, -0.05) is 51.8 Å². The molecule has 0 radical (unpaired) electrons. The number of benzene rings is 2. The van der Waals surface area contributed by atoms with Crippen molar-refractivity contribution in [1.82, 2.24) is 0 Å². The first-order chi connectivity index (χ1) is 8.70. The van der Waals surface area contributed by atoms with Crippen LogP contribution in [0.5, 0.6) is 11.5 Å². The maximum atomic E-state index is 9.38. The fraction of sp³-hybridized carbons (Fsp3) is 0.143. The van der Waals surface area contributed by atoms with Gasteiger partial charge in [-0.25, -0.2) is 0 Å². The Hall–Kier alpha value is -1.19. The van der Waals surface area contributed by atoms with E-state index in [1.165, 1.54) is 0 Å². The van der Waals surface area contributed by atoms with Crippen molar-refractivity contribution in [3.8, 4) is 11.5 Å². The van der Waals surface area contributed by atoms with Gasteiger partial charge < -0.3 is 9.84 Å². The Bertz CT molecular complexity index is 543. The predicted octanol–water partition coefficient (Wildman–Crippen LogP) is 4.52. The van der Waals surface area contributed by atoms with Crippen molar-refractivity contribution < 1.29 is 9.84 Å². The van der Waals surface area contributed by atoms with Gasteiger partial charge in [0.25, 0.3) is 0 Å². The van der Waals surface area contributed by atoms with Gasteiger partial charge in [-0.05, 0) is 23.8 Å². The molecule has 94 valence electrons. The van der Waals surface area contributed by atoms with E-state index in [1.54, 1.807) is 24.3 Å². The third-order valence-corrected chi connectivity index (χ3v) is 3.39. The molecule has 0 spiro atoms. The summed E-state index contributed by atoms with van der Waals surface area (Å²) >= 11 is 9.51. The molecule has 2 nitrogen and oxygen atoms in total. The van der Waals surface area contributed by atoms with Gasteiger partial charge in [-0.15, -0.1) is 0 Å². The molecule has 2 aromatic rings. The summed E-state index contributed by atoms with van der Waals surface area (Å²) in [6, 6.07) is 12.6. The fourth-order valence-corrected chi connectivity index (χ4v) is 2.31. The molecule has 0 aliphatic rings. The zero-order valence-electron chi connectivity index (χ0n) is 9.57. The Labute approximate surface area is 119 Å². The normalized spacial score (nSPS) is 10.3. The summed E-state index contributed by atoms with van der Waals surface area (Å²) in [7, 11) is 0. The summed E-state index contributed by atoms with van der Waals surface area (Å²) < 4.78 is 5.73. The minimum Gasteiger partial charge on any atom is -0.508 e. The molecule has 0 fully saturated rings. The van der Waals surface area contributed by atoms with Gasteiger partial charge in [0, 0.05) is 10.9 Å². The predicted molar refractivity (Wildman–Crippen MR) is 76.5 cm³/mol. The molecule has 4 heteroatoms. The van der Waals surface area contributed by atoms with Gasteiger partial charge in [0.15, 0.2) is 0 Å². The smallest absolute Gasteiger partial charge is 0.142 e. The number of hydrogen-bond acceptors (Lipinski definition) is 2. The van der Waals surface area contributed by atoms with E-state index in [0.717, 1.165) is 11.1 Å². The lowest BCUT2D eigenvalue weighted by atomic mass is 10.2. The van der Waals surface area contributed by atoms with Crippen LogP contribution in [0, 0.1) is 0 Å². The number of para-hydroxylation sites is 1. The molecule has 0 aromatic heterocycles. The van der Waals surface area contributed by atoms with Crippen LogP contribution in [0.25, 0.3) is 0 Å². The zero-order chi connectivity index (χ0) is 13.0. The highest BCUT2D eigenvalue weighted by atomic mass is 79.9. The van der Waals surface area contributed by atoms with Crippen molar-refractivity contribution in [2.75, 3.05) is 0 Å². The minimum atomic E-state index is 0.232. The van der Waals surface area contributed by atoms with Gasteiger partial charge in [0.2, 0.25) is 0 Å². The van der Waals surface area contributed by atoms with E-state index in [9.17, 15) is 5.11 Å². The van der Waals surface area contributed by atoms with E-state index in [2.05, 4.69) is 15.9 Å². The average Bonchev–Trinajstić information content (AvgIpc) is 2.37. The minimum absolute atomic E-state index is 0.232. The van der Waals surface area contributed by atoms with Crippen LogP contribution in [0.4, 0.5) is 0 Å². The zero-order valence-corrected chi connectivity index (χ0v) is 11.9. The van der Waals surface area contributed by atoms with Crippen LogP contribution in [0.3, 0.4) is 0 Å². The summed E-state index contributed by atoms with van der Waals surface area (Å²) in [4.78, 5) is 0. The highest BCUT2D eigenvalue weighted by molar-refractivity contribution is 9.08. The summed E-state index contributed by atoms with van der Waals surface area (Å²) in [5, 5.41) is 10.6. The number of rotatable bonds is 4. The lowest BCUT2D eigenvalue weighted by molar-refractivity contribution is 0.303. The fourth-order valence-electron chi connectivity index (χ4n) is 1.62. The van der Waals surface area contributed by atoms with Crippen molar-refractivity contribution in [2.45, 2.75) is 11.9 Å². The molecular weight excluding hydrogens is 316 g/mol. The third-order valence-electron chi connectivity index (χ3n) is 2.49. The first kappa shape index (κ1) is 13.2. The number of hydrogen-bond donors (Lipinski definition) is 1. The second-order valence-corrected chi connectivity index (χ2v) is 4.79. The molecule has 0 heterocycles. The van der Waals surface area contributed by atoms with Crippen molar-refractivity contribution >= 4 is 27.5 Å². The van der Waals surface area contributed by atoms with E-state index in [1.807, 2.05) is 18.2 Å². The maximum Gasteiger partial charge on any atom is 0.142 e. The van der Waals surface area contributed by atoms with Crippen molar-refractivity contribution in [3.05, 3.63) is 58.6 Å². The molecule has 0 saturated carbocycles. The molecule has 2 rings (SSSR count). The molecule has 0 atom stereocenters. The highest BCUT2D eigenvalue weighted by Crippen LogP contribution is 2.31. The van der Waals surface area contributed by atoms with Crippen molar-refractivity contribution in [3.63, 3.8) is 0 Å². The van der Waals surface area contributed by atoms with Crippen LogP contribution in [0.1, 0.15) is 11.1 Å². The van der Waals surface area contributed by atoms with E-state index >= 15 is 0 Å². The molecule has 0 bridgehead atoms. The maximum absolute atomic E-state index is 9.38. The quantitative estimate of drug-likeness (QED) is 0.837. The first-order valence-corrected chi connectivity index (χ1v) is 6.94. The van der Waals surface area contributed by atoms with Crippen LogP contribution in [0.15, 0.2) is 42.5 Å². The van der Waals surface area contributed by atoms with Crippen molar-refractivity contribution in [2.24, 2.45) is 0 Å². The lowest BCUT2D eigenvalue weighted by Gasteiger charge is -2.11. The molecule has 0 amide bonds. The number of phenols is 1. The molecule has 0 unspecified atom stereocenters. The van der Waals surface area contributed by atoms with E-state index in [0.29, 0.717) is 22.7 Å². The molecule has 2 aromatic carbocycles. The van der Waals surface area contributed by atoms with Crippen LogP contribution in [-0.4, -0.2) is 5.11 Å². The molecule has 0 aliphatic carbocycles. The number of phenolic OH excluding ortho intramolecular Hbond substituents is 1. The van der Waals surface area contributed by atoms with Gasteiger partial charge in [-0.2, -0.15) is 0 Å². The molecule has 18 heavy (non-hydrogen) atoms. The van der Waals surface area contributed by atoms with Crippen LogP contribution in [-0.2, 0) is 11.9 Å². The topological polar surface area (TPSA) is 29.5 Å². The first-order valence-electron chi connectivity index (χ1n) is 5.45. The van der Waals surface area contributed by atoms with Gasteiger partial charge in [-0.3, -0.25) is 0 Å². The Kier molecular flexibility index (Phi) is 4.50. The van der Waals surface area contributed by atoms with Crippen LogP contribution in [0.2, 0.25) is 5.02 Å². The summed E-state index contributed by atoms with van der Waals surface area (Å²) in [6.45, 7) is 0.373. The second kappa shape index (κ2) is 6.12.